The fourth-order valence-corrected chi connectivity index (χ4v) is 2.68. The molecule has 5 nitrogen and oxygen atoms in total. The van der Waals surface area contributed by atoms with Crippen LogP contribution in [0.25, 0.3) is 0 Å². The van der Waals surface area contributed by atoms with Gasteiger partial charge in [-0.3, -0.25) is 9.69 Å². The third kappa shape index (κ3) is 5.52. The third-order valence-corrected chi connectivity index (χ3v) is 4.09. The first-order valence-corrected chi connectivity index (χ1v) is 8.42. The molecule has 128 valence electrons. The van der Waals surface area contributed by atoms with Crippen molar-refractivity contribution in [2.24, 2.45) is 0 Å². The number of rotatable bonds is 7. The monoisotopic (exact) mass is 320 g/mol. The molecule has 1 aromatic rings. The van der Waals surface area contributed by atoms with E-state index in [0.717, 1.165) is 44.2 Å². The number of amides is 1. The summed E-state index contributed by atoms with van der Waals surface area (Å²) in [5.41, 5.74) is 2.25. The minimum absolute atomic E-state index is 0.0410. The van der Waals surface area contributed by atoms with Crippen molar-refractivity contribution in [2.45, 2.75) is 33.3 Å². The Hall–Kier alpha value is -1.59. The Balaban J connectivity index is 1.80. The lowest BCUT2D eigenvalue weighted by molar-refractivity contribution is -0.128. The number of ether oxygens (including phenoxy) is 2. The van der Waals surface area contributed by atoms with Crippen molar-refractivity contribution in [3.63, 3.8) is 0 Å². The maximum Gasteiger partial charge on any atom is 0.261 e. The van der Waals surface area contributed by atoms with Gasteiger partial charge in [-0.15, -0.1) is 0 Å². The molecule has 1 aliphatic rings. The average molecular weight is 320 g/mol. The first kappa shape index (κ1) is 17.8. The lowest BCUT2D eigenvalue weighted by Gasteiger charge is -2.27. The summed E-state index contributed by atoms with van der Waals surface area (Å²) in [6, 6.07) is 6.01. The summed E-state index contributed by atoms with van der Waals surface area (Å²) in [5.74, 6) is 0.742. The van der Waals surface area contributed by atoms with E-state index in [9.17, 15) is 4.79 Å². The fraction of sp³-hybridized carbons (Fsp3) is 0.611. The molecule has 0 saturated carbocycles. The Labute approximate surface area is 139 Å². The van der Waals surface area contributed by atoms with Gasteiger partial charge in [0.2, 0.25) is 0 Å². The Kier molecular flexibility index (Phi) is 6.86. The van der Waals surface area contributed by atoms with Gasteiger partial charge in [-0.2, -0.15) is 0 Å². The summed E-state index contributed by atoms with van der Waals surface area (Å²) >= 11 is 0. The standard InChI is InChI=1S/C18H28N2O3/c1-4-16(23-17-6-5-14(2)13-15(17)3)18(21)19-7-8-20-9-11-22-12-10-20/h5-6,13,16H,4,7-12H2,1-3H3,(H,19,21). The number of carbonyl (C=O) groups is 1. The lowest BCUT2D eigenvalue weighted by Crippen LogP contribution is -2.44. The van der Waals surface area contributed by atoms with Gasteiger partial charge >= 0.3 is 0 Å². The van der Waals surface area contributed by atoms with Crippen molar-refractivity contribution < 1.29 is 14.3 Å². The summed E-state index contributed by atoms with van der Waals surface area (Å²) in [4.78, 5) is 14.6. The summed E-state index contributed by atoms with van der Waals surface area (Å²) in [7, 11) is 0. The van der Waals surface area contributed by atoms with Crippen LogP contribution in [0, 0.1) is 13.8 Å². The van der Waals surface area contributed by atoms with E-state index in [-0.39, 0.29) is 5.91 Å². The van der Waals surface area contributed by atoms with Crippen LogP contribution in [0.4, 0.5) is 0 Å². The van der Waals surface area contributed by atoms with Crippen LogP contribution in [-0.4, -0.2) is 56.3 Å². The molecule has 0 aromatic heterocycles. The second-order valence-corrected chi connectivity index (χ2v) is 6.03. The zero-order valence-electron chi connectivity index (χ0n) is 14.4. The largest absolute Gasteiger partial charge is 0.480 e. The van der Waals surface area contributed by atoms with Gasteiger partial charge in [-0.1, -0.05) is 24.6 Å². The van der Waals surface area contributed by atoms with E-state index < -0.39 is 6.10 Å². The number of carbonyl (C=O) groups excluding carboxylic acids is 1. The number of hydrogen-bond acceptors (Lipinski definition) is 4. The zero-order valence-corrected chi connectivity index (χ0v) is 14.4. The number of nitrogens with zero attached hydrogens (tertiary/aromatic N) is 1. The Morgan fingerprint density at radius 3 is 2.74 bits per heavy atom. The van der Waals surface area contributed by atoms with Gasteiger partial charge in [0.25, 0.3) is 5.91 Å². The molecule has 23 heavy (non-hydrogen) atoms. The number of hydrogen-bond donors (Lipinski definition) is 1. The molecule has 1 heterocycles. The maximum absolute atomic E-state index is 12.3. The number of morpholine rings is 1. The minimum atomic E-state index is -0.443. The number of aryl methyl sites for hydroxylation is 2. The number of nitrogens with one attached hydrogen (secondary N) is 1. The Morgan fingerprint density at radius 2 is 2.09 bits per heavy atom. The van der Waals surface area contributed by atoms with Crippen LogP contribution in [0.2, 0.25) is 0 Å². The molecule has 1 amide bonds. The van der Waals surface area contributed by atoms with Gasteiger partial charge in [0.05, 0.1) is 13.2 Å². The van der Waals surface area contributed by atoms with E-state index in [0.29, 0.717) is 13.0 Å². The van der Waals surface area contributed by atoms with E-state index in [1.807, 2.05) is 32.9 Å². The van der Waals surface area contributed by atoms with Crippen LogP contribution in [0.3, 0.4) is 0 Å². The highest BCUT2D eigenvalue weighted by atomic mass is 16.5. The van der Waals surface area contributed by atoms with Crippen molar-refractivity contribution in [2.75, 3.05) is 39.4 Å². The predicted octanol–water partition coefficient (Wildman–Crippen LogP) is 1.91. The van der Waals surface area contributed by atoms with E-state index in [2.05, 4.69) is 16.3 Å². The molecule has 1 unspecified atom stereocenters. The molecule has 0 radical (unpaired) electrons. The van der Waals surface area contributed by atoms with Crippen molar-refractivity contribution in [1.82, 2.24) is 10.2 Å². The molecule has 0 spiro atoms. The Bertz CT molecular complexity index is 513. The van der Waals surface area contributed by atoms with Crippen LogP contribution in [-0.2, 0) is 9.53 Å². The fourth-order valence-electron chi connectivity index (χ4n) is 2.68. The molecule has 0 aliphatic carbocycles. The second kappa shape index (κ2) is 8.89. The van der Waals surface area contributed by atoms with Gasteiger partial charge in [-0.05, 0) is 31.9 Å². The normalized spacial score (nSPS) is 16.8. The maximum atomic E-state index is 12.3. The smallest absolute Gasteiger partial charge is 0.261 e. The first-order valence-electron chi connectivity index (χ1n) is 8.42. The second-order valence-electron chi connectivity index (χ2n) is 6.03. The van der Waals surface area contributed by atoms with Crippen molar-refractivity contribution in [1.29, 1.82) is 0 Å². The van der Waals surface area contributed by atoms with Gasteiger partial charge in [0.1, 0.15) is 5.75 Å². The van der Waals surface area contributed by atoms with Gasteiger partial charge < -0.3 is 14.8 Å². The quantitative estimate of drug-likeness (QED) is 0.834. The highest BCUT2D eigenvalue weighted by molar-refractivity contribution is 5.81. The van der Waals surface area contributed by atoms with E-state index >= 15 is 0 Å². The van der Waals surface area contributed by atoms with Gasteiger partial charge in [0, 0.05) is 26.2 Å². The van der Waals surface area contributed by atoms with Crippen LogP contribution >= 0.6 is 0 Å². The van der Waals surface area contributed by atoms with Crippen LogP contribution in [0.5, 0.6) is 5.75 Å². The minimum Gasteiger partial charge on any atom is -0.480 e. The van der Waals surface area contributed by atoms with E-state index in [4.69, 9.17) is 9.47 Å². The number of benzene rings is 1. The van der Waals surface area contributed by atoms with Gasteiger partial charge in [-0.25, -0.2) is 0 Å². The van der Waals surface area contributed by atoms with Crippen LogP contribution in [0.1, 0.15) is 24.5 Å². The molecule has 1 aromatic carbocycles. The van der Waals surface area contributed by atoms with Crippen molar-refractivity contribution >= 4 is 5.91 Å². The first-order chi connectivity index (χ1) is 11.1. The summed E-state index contributed by atoms with van der Waals surface area (Å²) in [6.45, 7) is 11.0. The molecule has 2 rings (SSSR count). The Morgan fingerprint density at radius 1 is 1.35 bits per heavy atom. The molecule has 1 atom stereocenters. The van der Waals surface area contributed by atoms with Crippen molar-refractivity contribution in [3.05, 3.63) is 29.3 Å². The highest BCUT2D eigenvalue weighted by Gasteiger charge is 2.19. The van der Waals surface area contributed by atoms with E-state index in [1.54, 1.807) is 0 Å². The SMILES string of the molecule is CCC(Oc1ccc(C)cc1C)C(=O)NCCN1CCOCC1. The molecular formula is C18H28N2O3. The van der Waals surface area contributed by atoms with Crippen LogP contribution < -0.4 is 10.1 Å². The average Bonchev–Trinajstić information content (AvgIpc) is 2.55. The molecule has 0 bridgehead atoms. The third-order valence-electron chi connectivity index (χ3n) is 4.09. The van der Waals surface area contributed by atoms with Gasteiger partial charge in [0.15, 0.2) is 6.10 Å². The highest BCUT2D eigenvalue weighted by Crippen LogP contribution is 2.20. The topological polar surface area (TPSA) is 50.8 Å². The molecule has 5 heteroatoms. The molecule has 1 aliphatic heterocycles. The molecule has 1 N–H and O–H groups in total. The molecule has 1 fully saturated rings. The molecular weight excluding hydrogens is 292 g/mol. The zero-order chi connectivity index (χ0) is 16.7. The van der Waals surface area contributed by atoms with Crippen LogP contribution in [0.15, 0.2) is 18.2 Å². The predicted molar refractivity (Wildman–Crippen MR) is 90.9 cm³/mol. The van der Waals surface area contributed by atoms with Crippen molar-refractivity contribution in [3.8, 4) is 5.75 Å². The lowest BCUT2D eigenvalue weighted by atomic mass is 10.1. The molecule has 1 saturated heterocycles. The summed E-state index contributed by atoms with van der Waals surface area (Å²) in [5, 5.41) is 2.99. The summed E-state index contributed by atoms with van der Waals surface area (Å²) < 4.78 is 11.2. The summed E-state index contributed by atoms with van der Waals surface area (Å²) in [6.07, 6.45) is 0.206. The van der Waals surface area contributed by atoms with E-state index in [1.165, 1.54) is 5.56 Å².